The number of rotatable bonds is 5. The van der Waals surface area contributed by atoms with Crippen molar-refractivity contribution in [1.82, 2.24) is 4.57 Å². The molecule has 0 fully saturated rings. The lowest BCUT2D eigenvalue weighted by Gasteiger charge is -2.13. The predicted molar refractivity (Wildman–Crippen MR) is 90.2 cm³/mol. The molecule has 3 heteroatoms. The molecule has 0 atom stereocenters. The van der Waals surface area contributed by atoms with Crippen molar-refractivity contribution in [3.63, 3.8) is 0 Å². The van der Waals surface area contributed by atoms with Crippen molar-refractivity contribution in [1.29, 1.82) is 0 Å². The zero-order valence-electron chi connectivity index (χ0n) is 12.2. The van der Waals surface area contributed by atoms with Gasteiger partial charge in [0.1, 0.15) is 0 Å². The van der Waals surface area contributed by atoms with E-state index in [4.69, 9.17) is 11.6 Å². The number of hydrogen-bond acceptors (Lipinski definition) is 1. The SMILES string of the molecule is OCc1ccc(Cc2ccccc2)n1Cc1ccc(Cl)cc1. The summed E-state index contributed by atoms with van der Waals surface area (Å²) in [5.74, 6) is 0. The van der Waals surface area contributed by atoms with Gasteiger partial charge in [-0.15, -0.1) is 0 Å². The van der Waals surface area contributed by atoms with E-state index in [1.54, 1.807) is 0 Å². The van der Waals surface area contributed by atoms with Crippen LogP contribution in [0.5, 0.6) is 0 Å². The first kappa shape index (κ1) is 14.9. The van der Waals surface area contributed by atoms with Gasteiger partial charge in [-0.3, -0.25) is 0 Å². The Kier molecular flexibility index (Phi) is 4.62. The van der Waals surface area contributed by atoms with Crippen LogP contribution in [0.15, 0.2) is 66.7 Å². The largest absolute Gasteiger partial charge is 0.390 e. The van der Waals surface area contributed by atoms with Crippen LogP contribution < -0.4 is 0 Å². The Morgan fingerprint density at radius 1 is 0.773 bits per heavy atom. The van der Waals surface area contributed by atoms with Crippen molar-refractivity contribution in [3.8, 4) is 0 Å². The van der Waals surface area contributed by atoms with Crippen molar-refractivity contribution < 1.29 is 5.11 Å². The van der Waals surface area contributed by atoms with E-state index in [0.717, 1.165) is 23.7 Å². The maximum absolute atomic E-state index is 9.58. The van der Waals surface area contributed by atoms with Crippen LogP contribution in [0.2, 0.25) is 5.02 Å². The molecular formula is C19H18ClNO. The van der Waals surface area contributed by atoms with Crippen LogP contribution in [-0.4, -0.2) is 9.67 Å². The van der Waals surface area contributed by atoms with Gasteiger partial charge in [-0.05, 0) is 35.4 Å². The number of hydrogen-bond donors (Lipinski definition) is 1. The molecule has 0 bridgehead atoms. The van der Waals surface area contributed by atoms with Gasteiger partial charge in [0.15, 0.2) is 0 Å². The van der Waals surface area contributed by atoms with E-state index < -0.39 is 0 Å². The monoisotopic (exact) mass is 311 g/mol. The number of halogens is 1. The molecule has 0 saturated carbocycles. The Labute approximate surface area is 135 Å². The molecule has 0 radical (unpaired) electrons. The van der Waals surface area contributed by atoms with Crippen LogP contribution in [0, 0.1) is 0 Å². The van der Waals surface area contributed by atoms with Crippen LogP contribution in [-0.2, 0) is 19.6 Å². The number of aromatic nitrogens is 1. The van der Waals surface area contributed by atoms with Gasteiger partial charge in [-0.1, -0.05) is 54.1 Å². The molecule has 1 aromatic heterocycles. The topological polar surface area (TPSA) is 25.2 Å². The molecule has 0 aliphatic rings. The van der Waals surface area contributed by atoms with Crippen LogP contribution in [0.4, 0.5) is 0 Å². The standard InChI is InChI=1S/C19H18ClNO/c20-17-8-6-16(7-9-17)13-21-18(10-11-19(21)14-22)12-15-4-2-1-3-5-15/h1-11,22H,12-14H2. The average Bonchev–Trinajstić information content (AvgIpc) is 2.92. The molecule has 0 amide bonds. The van der Waals surface area contributed by atoms with Crippen molar-refractivity contribution in [2.45, 2.75) is 19.6 Å². The molecule has 1 N–H and O–H groups in total. The molecular weight excluding hydrogens is 294 g/mol. The Morgan fingerprint density at radius 3 is 2.14 bits per heavy atom. The zero-order chi connectivity index (χ0) is 15.4. The molecule has 112 valence electrons. The van der Waals surface area contributed by atoms with Crippen molar-refractivity contribution in [2.24, 2.45) is 0 Å². The molecule has 3 rings (SSSR count). The summed E-state index contributed by atoms with van der Waals surface area (Å²) < 4.78 is 2.18. The molecule has 0 saturated heterocycles. The average molecular weight is 312 g/mol. The Hall–Kier alpha value is -2.03. The summed E-state index contributed by atoms with van der Waals surface area (Å²) in [7, 11) is 0. The smallest absolute Gasteiger partial charge is 0.0833 e. The highest BCUT2D eigenvalue weighted by molar-refractivity contribution is 6.30. The van der Waals surface area contributed by atoms with E-state index in [-0.39, 0.29) is 6.61 Å². The normalized spacial score (nSPS) is 10.8. The number of aliphatic hydroxyl groups is 1. The predicted octanol–water partition coefficient (Wildman–Crippen LogP) is 4.27. The third kappa shape index (κ3) is 3.41. The van der Waals surface area contributed by atoms with Crippen LogP contribution in [0.3, 0.4) is 0 Å². The van der Waals surface area contributed by atoms with Crippen molar-refractivity contribution >= 4 is 11.6 Å². The van der Waals surface area contributed by atoms with Gasteiger partial charge >= 0.3 is 0 Å². The lowest BCUT2D eigenvalue weighted by Crippen LogP contribution is -2.08. The van der Waals surface area contributed by atoms with Gasteiger partial charge in [0.2, 0.25) is 0 Å². The number of benzene rings is 2. The Balaban J connectivity index is 1.88. The van der Waals surface area contributed by atoms with Crippen LogP contribution in [0.25, 0.3) is 0 Å². The lowest BCUT2D eigenvalue weighted by atomic mass is 10.1. The summed E-state index contributed by atoms with van der Waals surface area (Å²) >= 11 is 5.94. The van der Waals surface area contributed by atoms with E-state index >= 15 is 0 Å². The molecule has 1 heterocycles. The van der Waals surface area contributed by atoms with Crippen LogP contribution in [0.1, 0.15) is 22.5 Å². The van der Waals surface area contributed by atoms with Crippen molar-refractivity contribution in [2.75, 3.05) is 0 Å². The fraction of sp³-hybridized carbons (Fsp3) is 0.158. The van der Waals surface area contributed by atoms with Crippen molar-refractivity contribution in [3.05, 3.63) is 94.3 Å². The third-order valence-electron chi connectivity index (χ3n) is 3.81. The summed E-state index contributed by atoms with van der Waals surface area (Å²) in [6, 6.07) is 22.3. The fourth-order valence-corrected chi connectivity index (χ4v) is 2.76. The highest BCUT2D eigenvalue weighted by Gasteiger charge is 2.09. The second-order valence-electron chi connectivity index (χ2n) is 5.35. The van der Waals surface area contributed by atoms with E-state index in [9.17, 15) is 5.11 Å². The van der Waals surface area contributed by atoms with Gasteiger partial charge in [0.25, 0.3) is 0 Å². The first-order valence-corrected chi connectivity index (χ1v) is 7.70. The molecule has 2 aromatic carbocycles. The third-order valence-corrected chi connectivity index (χ3v) is 4.06. The summed E-state index contributed by atoms with van der Waals surface area (Å²) in [5, 5.41) is 10.3. The van der Waals surface area contributed by atoms with Gasteiger partial charge in [0.05, 0.1) is 6.61 Å². The van der Waals surface area contributed by atoms with E-state index in [1.807, 2.05) is 36.4 Å². The molecule has 0 aliphatic heterocycles. The summed E-state index contributed by atoms with van der Waals surface area (Å²) in [5.41, 5.74) is 4.57. The lowest BCUT2D eigenvalue weighted by molar-refractivity contribution is 0.271. The molecule has 0 aliphatic carbocycles. The highest BCUT2D eigenvalue weighted by Crippen LogP contribution is 2.18. The molecule has 0 unspecified atom stereocenters. The van der Waals surface area contributed by atoms with Gasteiger partial charge in [0, 0.05) is 29.4 Å². The zero-order valence-corrected chi connectivity index (χ0v) is 13.0. The molecule has 3 aromatic rings. The Bertz CT molecular complexity index is 732. The van der Waals surface area contributed by atoms with E-state index in [1.165, 1.54) is 16.8 Å². The molecule has 22 heavy (non-hydrogen) atoms. The van der Waals surface area contributed by atoms with Gasteiger partial charge in [-0.25, -0.2) is 0 Å². The first-order chi connectivity index (χ1) is 10.8. The summed E-state index contributed by atoms with van der Waals surface area (Å²) in [6.45, 7) is 0.782. The minimum Gasteiger partial charge on any atom is -0.390 e. The summed E-state index contributed by atoms with van der Waals surface area (Å²) in [6.07, 6.45) is 0.856. The molecule has 2 nitrogen and oxygen atoms in total. The summed E-state index contributed by atoms with van der Waals surface area (Å²) in [4.78, 5) is 0. The maximum Gasteiger partial charge on any atom is 0.0833 e. The van der Waals surface area contributed by atoms with Gasteiger partial charge < -0.3 is 9.67 Å². The minimum absolute atomic E-state index is 0.0440. The van der Waals surface area contributed by atoms with Gasteiger partial charge in [-0.2, -0.15) is 0 Å². The fourth-order valence-electron chi connectivity index (χ4n) is 2.63. The van der Waals surface area contributed by atoms with E-state index in [2.05, 4.69) is 34.9 Å². The Morgan fingerprint density at radius 2 is 1.45 bits per heavy atom. The highest BCUT2D eigenvalue weighted by atomic mass is 35.5. The second kappa shape index (κ2) is 6.82. The van der Waals surface area contributed by atoms with E-state index in [0.29, 0.717) is 0 Å². The van der Waals surface area contributed by atoms with Crippen LogP contribution >= 0.6 is 11.6 Å². The maximum atomic E-state index is 9.58. The second-order valence-corrected chi connectivity index (χ2v) is 5.79. The number of aliphatic hydroxyl groups excluding tert-OH is 1. The quantitative estimate of drug-likeness (QED) is 0.748. The first-order valence-electron chi connectivity index (χ1n) is 7.33. The minimum atomic E-state index is 0.0440. The molecule has 0 spiro atoms. The number of nitrogens with zero attached hydrogens (tertiary/aromatic N) is 1.